The van der Waals surface area contributed by atoms with Crippen LogP contribution in [0.25, 0.3) is 5.69 Å². The van der Waals surface area contributed by atoms with E-state index in [4.69, 9.17) is 0 Å². The molecule has 1 aromatic heterocycles. The van der Waals surface area contributed by atoms with Crippen molar-refractivity contribution in [3.8, 4) is 5.69 Å². The normalized spacial score (nSPS) is 16.2. The van der Waals surface area contributed by atoms with Gasteiger partial charge in [0.25, 0.3) is 0 Å². The first-order valence-corrected chi connectivity index (χ1v) is 6.70. The van der Waals surface area contributed by atoms with Crippen LogP contribution in [0, 0.1) is 5.82 Å². The smallest absolute Gasteiger partial charge is 0.123 e. The molecule has 1 aliphatic carbocycles. The number of aliphatic hydroxyl groups is 1. The maximum absolute atomic E-state index is 13.4. The van der Waals surface area contributed by atoms with E-state index in [9.17, 15) is 9.50 Å². The van der Waals surface area contributed by atoms with Crippen molar-refractivity contribution in [1.29, 1.82) is 0 Å². The zero-order chi connectivity index (χ0) is 13.4. The first-order valence-electron chi connectivity index (χ1n) is 6.70. The standard InChI is InChI=1S/C15H17FN2O/c1-10(19)12-8-11(16)6-7-14(12)18-9-17-13-4-2-3-5-15(13)18/h6-10,19H,2-5H2,1H3. The van der Waals surface area contributed by atoms with Crippen LogP contribution in [0.2, 0.25) is 0 Å². The zero-order valence-electron chi connectivity index (χ0n) is 10.9. The van der Waals surface area contributed by atoms with Crippen molar-refractivity contribution in [2.24, 2.45) is 0 Å². The van der Waals surface area contributed by atoms with Crippen LogP contribution in [-0.2, 0) is 12.8 Å². The molecule has 100 valence electrons. The van der Waals surface area contributed by atoms with Crippen molar-refractivity contribution >= 4 is 0 Å². The molecule has 1 aromatic carbocycles. The van der Waals surface area contributed by atoms with Crippen molar-refractivity contribution in [1.82, 2.24) is 9.55 Å². The number of rotatable bonds is 2. The molecule has 1 aliphatic rings. The van der Waals surface area contributed by atoms with Gasteiger partial charge in [0.2, 0.25) is 0 Å². The largest absolute Gasteiger partial charge is 0.389 e. The van der Waals surface area contributed by atoms with E-state index >= 15 is 0 Å². The second-order valence-electron chi connectivity index (χ2n) is 5.09. The van der Waals surface area contributed by atoms with Crippen LogP contribution in [0.5, 0.6) is 0 Å². The van der Waals surface area contributed by atoms with Crippen LogP contribution >= 0.6 is 0 Å². The number of nitrogens with zero attached hydrogens (tertiary/aromatic N) is 2. The van der Waals surface area contributed by atoms with E-state index in [0.717, 1.165) is 30.6 Å². The van der Waals surface area contributed by atoms with Gasteiger partial charge >= 0.3 is 0 Å². The van der Waals surface area contributed by atoms with Gasteiger partial charge in [0.05, 0.1) is 23.8 Å². The second kappa shape index (κ2) is 4.78. The van der Waals surface area contributed by atoms with Gasteiger partial charge in [0.15, 0.2) is 0 Å². The topological polar surface area (TPSA) is 38.0 Å². The highest BCUT2D eigenvalue weighted by atomic mass is 19.1. The highest BCUT2D eigenvalue weighted by molar-refractivity contribution is 5.45. The summed E-state index contributed by atoms with van der Waals surface area (Å²) in [5.41, 5.74) is 3.75. The van der Waals surface area contributed by atoms with E-state index in [0.29, 0.717) is 5.56 Å². The third-order valence-electron chi connectivity index (χ3n) is 3.73. The van der Waals surface area contributed by atoms with Crippen molar-refractivity contribution < 1.29 is 9.50 Å². The maximum atomic E-state index is 13.4. The Morgan fingerprint density at radius 1 is 1.32 bits per heavy atom. The van der Waals surface area contributed by atoms with Crippen molar-refractivity contribution in [3.05, 3.63) is 47.3 Å². The van der Waals surface area contributed by atoms with Gasteiger partial charge < -0.3 is 9.67 Å². The molecule has 0 aliphatic heterocycles. The molecule has 0 bridgehead atoms. The predicted octanol–water partition coefficient (Wildman–Crippen LogP) is 2.94. The number of aliphatic hydroxyl groups excluding tert-OH is 1. The number of aryl methyl sites for hydroxylation is 1. The molecule has 0 spiro atoms. The molecule has 1 atom stereocenters. The molecule has 3 rings (SSSR count). The third kappa shape index (κ3) is 2.16. The van der Waals surface area contributed by atoms with Crippen molar-refractivity contribution in [2.45, 2.75) is 38.7 Å². The fourth-order valence-corrected chi connectivity index (χ4v) is 2.76. The van der Waals surface area contributed by atoms with Gasteiger partial charge in [-0.05, 0) is 50.8 Å². The molecule has 0 saturated heterocycles. The Labute approximate surface area is 111 Å². The van der Waals surface area contributed by atoms with Crippen LogP contribution in [-0.4, -0.2) is 14.7 Å². The van der Waals surface area contributed by atoms with Crippen LogP contribution in [0.15, 0.2) is 24.5 Å². The summed E-state index contributed by atoms with van der Waals surface area (Å²) in [6, 6.07) is 4.54. The van der Waals surface area contributed by atoms with E-state index < -0.39 is 6.10 Å². The summed E-state index contributed by atoms with van der Waals surface area (Å²) in [5.74, 6) is -0.325. The molecule has 2 aromatic rings. The van der Waals surface area contributed by atoms with Gasteiger partial charge in [0, 0.05) is 11.3 Å². The summed E-state index contributed by atoms with van der Waals surface area (Å²) in [4.78, 5) is 4.44. The van der Waals surface area contributed by atoms with Gasteiger partial charge in [-0.15, -0.1) is 0 Å². The minimum atomic E-state index is -0.702. The van der Waals surface area contributed by atoms with Crippen LogP contribution in [0.1, 0.15) is 42.8 Å². The summed E-state index contributed by atoms with van der Waals surface area (Å²) in [6.07, 6.45) is 5.42. The summed E-state index contributed by atoms with van der Waals surface area (Å²) >= 11 is 0. The Kier molecular flexibility index (Phi) is 3.11. The van der Waals surface area contributed by atoms with Crippen molar-refractivity contribution in [2.75, 3.05) is 0 Å². The Hall–Kier alpha value is -1.68. The molecule has 1 heterocycles. The fourth-order valence-electron chi connectivity index (χ4n) is 2.76. The Morgan fingerprint density at radius 2 is 2.11 bits per heavy atom. The van der Waals surface area contributed by atoms with Crippen LogP contribution in [0.4, 0.5) is 4.39 Å². The second-order valence-corrected chi connectivity index (χ2v) is 5.09. The minimum absolute atomic E-state index is 0.325. The van der Waals surface area contributed by atoms with E-state index in [1.54, 1.807) is 19.3 Å². The van der Waals surface area contributed by atoms with Gasteiger partial charge in [-0.25, -0.2) is 9.37 Å². The quantitative estimate of drug-likeness (QED) is 0.901. The highest BCUT2D eigenvalue weighted by Gasteiger charge is 2.19. The minimum Gasteiger partial charge on any atom is -0.389 e. The molecular formula is C15H17FN2O. The van der Waals surface area contributed by atoms with E-state index in [1.807, 2.05) is 4.57 Å². The Morgan fingerprint density at radius 3 is 2.89 bits per heavy atom. The lowest BCUT2D eigenvalue weighted by Crippen LogP contribution is -2.09. The van der Waals surface area contributed by atoms with E-state index in [1.165, 1.54) is 24.2 Å². The summed E-state index contributed by atoms with van der Waals surface area (Å²) < 4.78 is 15.3. The van der Waals surface area contributed by atoms with Gasteiger partial charge in [-0.2, -0.15) is 0 Å². The summed E-state index contributed by atoms with van der Waals surface area (Å²) in [7, 11) is 0. The lowest BCUT2D eigenvalue weighted by molar-refractivity contribution is 0.198. The van der Waals surface area contributed by atoms with E-state index in [2.05, 4.69) is 4.98 Å². The molecule has 0 amide bonds. The summed E-state index contributed by atoms with van der Waals surface area (Å²) in [5, 5.41) is 9.83. The highest BCUT2D eigenvalue weighted by Crippen LogP contribution is 2.28. The maximum Gasteiger partial charge on any atom is 0.123 e. The first-order chi connectivity index (χ1) is 9.16. The van der Waals surface area contributed by atoms with Gasteiger partial charge in [-0.1, -0.05) is 0 Å². The number of hydrogen-bond donors (Lipinski definition) is 1. The molecule has 0 fully saturated rings. The zero-order valence-corrected chi connectivity index (χ0v) is 10.9. The summed E-state index contributed by atoms with van der Waals surface area (Å²) in [6.45, 7) is 1.65. The van der Waals surface area contributed by atoms with Crippen LogP contribution < -0.4 is 0 Å². The molecule has 0 radical (unpaired) electrons. The number of benzene rings is 1. The Balaban J connectivity index is 2.14. The molecule has 4 heteroatoms. The number of imidazole rings is 1. The predicted molar refractivity (Wildman–Crippen MR) is 70.8 cm³/mol. The number of fused-ring (bicyclic) bond motifs is 1. The molecular weight excluding hydrogens is 243 g/mol. The van der Waals surface area contributed by atoms with Gasteiger partial charge in [0.1, 0.15) is 5.82 Å². The van der Waals surface area contributed by atoms with E-state index in [-0.39, 0.29) is 5.82 Å². The lowest BCUT2D eigenvalue weighted by atomic mass is 10.0. The lowest BCUT2D eigenvalue weighted by Gasteiger charge is -2.18. The van der Waals surface area contributed by atoms with Crippen molar-refractivity contribution in [3.63, 3.8) is 0 Å². The monoisotopic (exact) mass is 260 g/mol. The molecule has 3 nitrogen and oxygen atoms in total. The average molecular weight is 260 g/mol. The van der Waals surface area contributed by atoms with Crippen LogP contribution in [0.3, 0.4) is 0 Å². The number of aromatic nitrogens is 2. The fraction of sp³-hybridized carbons (Fsp3) is 0.400. The van der Waals surface area contributed by atoms with Gasteiger partial charge in [-0.3, -0.25) is 0 Å². The SMILES string of the molecule is CC(O)c1cc(F)ccc1-n1cnc2c1CCCC2. The Bertz CT molecular complexity index is 604. The number of hydrogen-bond acceptors (Lipinski definition) is 2. The molecule has 0 saturated carbocycles. The molecule has 1 N–H and O–H groups in total. The number of halogens is 1. The molecule has 19 heavy (non-hydrogen) atoms. The average Bonchev–Trinajstić information content (AvgIpc) is 2.82. The third-order valence-corrected chi connectivity index (χ3v) is 3.73. The molecule has 1 unspecified atom stereocenters. The first kappa shape index (κ1) is 12.4.